The SMILES string of the molecule is C[C@H]1C[C@H]1C(=O)Nc1ccc2c(c1)N(S(N)(=O)=O)CC2. The molecule has 3 rings (SSSR count). The largest absolute Gasteiger partial charge is 0.326 e. The molecule has 0 bridgehead atoms. The van der Waals surface area contributed by atoms with Gasteiger partial charge in [-0.3, -0.25) is 9.10 Å². The molecule has 7 heteroatoms. The number of hydrogen-bond acceptors (Lipinski definition) is 3. The lowest BCUT2D eigenvalue weighted by atomic mass is 10.1. The third-order valence-corrected chi connectivity index (χ3v) is 4.95. The van der Waals surface area contributed by atoms with Gasteiger partial charge in [-0.1, -0.05) is 13.0 Å². The minimum absolute atomic E-state index is 0.00222. The fourth-order valence-corrected chi connectivity index (χ4v) is 3.40. The number of nitrogens with two attached hydrogens (primary N) is 1. The molecule has 6 nitrogen and oxygen atoms in total. The van der Waals surface area contributed by atoms with Crippen molar-refractivity contribution in [2.45, 2.75) is 19.8 Å². The van der Waals surface area contributed by atoms with Gasteiger partial charge in [-0.2, -0.15) is 8.42 Å². The summed E-state index contributed by atoms with van der Waals surface area (Å²) in [4.78, 5) is 11.9. The number of anilines is 2. The smallest absolute Gasteiger partial charge is 0.299 e. The lowest BCUT2D eigenvalue weighted by molar-refractivity contribution is -0.117. The second kappa shape index (κ2) is 4.46. The zero-order chi connectivity index (χ0) is 14.5. The molecular weight excluding hydrogens is 278 g/mol. The van der Waals surface area contributed by atoms with Crippen molar-refractivity contribution in [2.24, 2.45) is 17.0 Å². The molecule has 0 spiro atoms. The van der Waals surface area contributed by atoms with Crippen molar-refractivity contribution < 1.29 is 13.2 Å². The molecule has 20 heavy (non-hydrogen) atoms. The number of carbonyl (C=O) groups excluding carboxylic acids is 1. The third kappa shape index (κ3) is 2.38. The molecule has 0 unspecified atom stereocenters. The minimum Gasteiger partial charge on any atom is -0.326 e. The van der Waals surface area contributed by atoms with Gasteiger partial charge in [0.25, 0.3) is 10.2 Å². The van der Waals surface area contributed by atoms with Crippen LogP contribution in [0.4, 0.5) is 11.4 Å². The van der Waals surface area contributed by atoms with E-state index in [1.807, 2.05) is 13.0 Å². The van der Waals surface area contributed by atoms with E-state index in [4.69, 9.17) is 5.14 Å². The maximum atomic E-state index is 11.9. The van der Waals surface area contributed by atoms with Gasteiger partial charge < -0.3 is 5.32 Å². The van der Waals surface area contributed by atoms with Gasteiger partial charge in [-0.05, 0) is 36.5 Å². The molecule has 1 aromatic rings. The van der Waals surface area contributed by atoms with E-state index in [0.717, 1.165) is 12.0 Å². The van der Waals surface area contributed by atoms with Gasteiger partial charge >= 0.3 is 0 Å². The van der Waals surface area contributed by atoms with Crippen LogP contribution in [0.2, 0.25) is 0 Å². The lowest BCUT2D eigenvalue weighted by Gasteiger charge is -2.16. The molecule has 2 aliphatic rings. The first-order valence-electron chi connectivity index (χ1n) is 6.60. The highest BCUT2D eigenvalue weighted by molar-refractivity contribution is 7.90. The monoisotopic (exact) mass is 295 g/mol. The standard InChI is InChI=1S/C13H17N3O3S/c1-8-6-11(8)13(17)15-10-3-2-9-4-5-16(12(9)7-10)20(14,18)19/h2-3,7-8,11H,4-6H2,1H3,(H,15,17)(H2,14,18,19)/t8-,11+/m0/s1. The molecule has 1 aromatic carbocycles. The third-order valence-electron chi connectivity index (χ3n) is 3.96. The van der Waals surface area contributed by atoms with Crippen molar-refractivity contribution in [3.05, 3.63) is 23.8 Å². The molecule has 0 saturated heterocycles. The van der Waals surface area contributed by atoms with Crippen LogP contribution in [0.25, 0.3) is 0 Å². The average Bonchev–Trinajstić information content (AvgIpc) is 2.93. The van der Waals surface area contributed by atoms with Crippen molar-refractivity contribution in [1.29, 1.82) is 0 Å². The summed E-state index contributed by atoms with van der Waals surface area (Å²) in [5.74, 6) is 0.514. The molecule has 1 fully saturated rings. The number of fused-ring (bicyclic) bond motifs is 1. The van der Waals surface area contributed by atoms with E-state index >= 15 is 0 Å². The topological polar surface area (TPSA) is 92.5 Å². The number of rotatable bonds is 3. The van der Waals surface area contributed by atoms with E-state index in [1.165, 1.54) is 4.31 Å². The fourth-order valence-electron chi connectivity index (χ4n) is 2.61. The molecule has 0 aromatic heterocycles. The van der Waals surface area contributed by atoms with Crippen molar-refractivity contribution in [2.75, 3.05) is 16.2 Å². The summed E-state index contributed by atoms with van der Waals surface area (Å²) in [7, 11) is -3.75. The summed E-state index contributed by atoms with van der Waals surface area (Å²) in [6.07, 6.45) is 1.56. The van der Waals surface area contributed by atoms with E-state index in [1.54, 1.807) is 12.1 Å². The normalized spacial score (nSPS) is 24.4. The Morgan fingerprint density at radius 1 is 1.45 bits per heavy atom. The summed E-state index contributed by atoms with van der Waals surface area (Å²) >= 11 is 0. The summed E-state index contributed by atoms with van der Waals surface area (Å²) in [5, 5.41) is 8.03. The minimum atomic E-state index is -3.75. The number of amides is 1. The Labute approximate surface area is 118 Å². The zero-order valence-electron chi connectivity index (χ0n) is 11.2. The quantitative estimate of drug-likeness (QED) is 0.865. The van der Waals surface area contributed by atoms with Crippen LogP contribution >= 0.6 is 0 Å². The zero-order valence-corrected chi connectivity index (χ0v) is 12.0. The first kappa shape index (κ1) is 13.4. The van der Waals surface area contributed by atoms with Crippen LogP contribution in [-0.2, 0) is 21.4 Å². The van der Waals surface area contributed by atoms with Gasteiger partial charge in [-0.25, -0.2) is 5.14 Å². The van der Waals surface area contributed by atoms with Gasteiger partial charge in [-0.15, -0.1) is 0 Å². The van der Waals surface area contributed by atoms with Crippen molar-refractivity contribution in [1.82, 2.24) is 0 Å². The Kier molecular flexibility index (Phi) is 2.98. The number of nitrogens with one attached hydrogen (secondary N) is 1. The van der Waals surface area contributed by atoms with Crippen LogP contribution in [0, 0.1) is 11.8 Å². The van der Waals surface area contributed by atoms with Crippen LogP contribution in [0.3, 0.4) is 0 Å². The second-order valence-electron chi connectivity index (χ2n) is 5.52. The van der Waals surface area contributed by atoms with Gasteiger partial charge in [0.1, 0.15) is 0 Å². The van der Waals surface area contributed by atoms with Gasteiger partial charge in [0.2, 0.25) is 5.91 Å². The van der Waals surface area contributed by atoms with Crippen molar-refractivity contribution in [3.8, 4) is 0 Å². The van der Waals surface area contributed by atoms with E-state index in [2.05, 4.69) is 5.32 Å². The van der Waals surface area contributed by atoms with Crippen LogP contribution in [0.15, 0.2) is 18.2 Å². The van der Waals surface area contributed by atoms with Gasteiger partial charge in [0, 0.05) is 18.2 Å². The highest BCUT2D eigenvalue weighted by Crippen LogP contribution is 2.39. The van der Waals surface area contributed by atoms with Crippen molar-refractivity contribution in [3.63, 3.8) is 0 Å². The Morgan fingerprint density at radius 3 is 2.75 bits per heavy atom. The van der Waals surface area contributed by atoms with E-state index < -0.39 is 10.2 Å². The maximum Gasteiger partial charge on any atom is 0.299 e. The van der Waals surface area contributed by atoms with Gasteiger partial charge in [0.15, 0.2) is 0 Å². The van der Waals surface area contributed by atoms with E-state index in [9.17, 15) is 13.2 Å². The summed E-state index contributed by atoms with van der Waals surface area (Å²) in [5.41, 5.74) is 2.11. The first-order valence-corrected chi connectivity index (χ1v) is 8.11. The Hall–Kier alpha value is -1.60. The number of nitrogens with zero attached hydrogens (tertiary/aromatic N) is 1. The van der Waals surface area contributed by atoms with Crippen LogP contribution in [0.5, 0.6) is 0 Å². The van der Waals surface area contributed by atoms with E-state index in [-0.39, 0.29) is 11.8 Å². The van der Waals surface area contributed by atoms with Crippen LogP contribution < -0.4 is 14.8 Å². The van der Waals surface area contributed by atoms with Crippen LogP contribution in [-0.4, -0.2) is 20.9 Å². The number of benzene rings is 1. The molecule has 1 heterocycles. The predicted molar refractivity (Wildman–Crippen MR) is 76.5 cm³/mol. The number of hydrogen-bond donors (Lipinski definition) is 2. The summed E-state index contributed by atoms with van der Waals surface area (Å²) in [6, 6.07) is 5.32. The highest BCUT2D eigenvalue weighted by Gasteiger charge is 2.39. The maximum absolute atomic E-state index is 11.9. The Bertz CT molecular complexity index is 671. The molecule has 108 valence electrons. The fraction of sp³-hybridized carbons (Fsp3) is 0.462. The molecule has 1 saturated carbocycles. The predicted octanol–water partition coefficient (Wildman–Crippen LogP) is 0.847. The molecule has 1 amide bonds. The Morgan fingerprint density at radius 2 is 2.15 bits per heavy atom. The molecule has 0 radical (unpaired) electrons. The average molecular weight is 295 g/mol. The van der Waals surface area contributed by atoms with Crippen LogP contribution in [0.1, 0.15) is 18.9 Å². The second-order valence-corrected chi connectivity index (χ2v) is 6.99. The molecule has 2 atom stereocenters. The van der Waals surface area contributed by atoms with Gasteiger partial charge in [0.05, 0.1) is 5.69 Å². The summed E-state index contributed by atoms with van der Waals surface area (Å²) < 4.78 is 24.2. The van der Waals surface area contributed by atoms with E-state index in [0.29, 0.717) is 30.3 Å². The molecule has 1 aliphatic heterocycles. The lowest BCUT2D eigenvalue weighted by Crippen LogP contribution is -2.35. The molecule has 1 aliphatic carbocycles. The Balaban J connectivity index is 1.84. The molecule has 3 N–H and O–H groups in total. The first-order chi connectivity index (χ1) is 9.36. The number of carbonyl (C=O) groups is 1. The van der Waals surface area contributed by atoms with Crippen molar-refractivity contribution >= 4 is 27.5 Å². The molecular formula is C13H17N3O3S. The highest BCUT2D eigenvalue weighted by atomic mass is 32.2. The summed E-state index contributed by atoms with van der Waals surface area (Å²) in [6.45, 7) is 2.39.